The Morgan fingerprint density at radius 1 is 1.47 bits per heavy atom. The molecule has 1 heterocycles. The smallest absolute Gasteiger partial charge is 0.328 e. The highest BCUT2D eigenvalue weighted by Crippen LogP contribution is 2.47. The first-order valence-electron chi connectivity index (χ1n) is 5.72. The third-order valence-corrected chi connectivity index (χ3v) is 3.77. The molecule has 1 aliphatic carbocycles. The van der Waals surface area contributed by atoms with Gasteiger partial charge in [0.25, 0.3) is 0 Å². The molecule has 1 N–H and O–H groups in total. The van der Waals surface area contributed by atoms with Crippen LogP contribution in [0.3, 0.4) is 0 Å². The topological polar surface area (TPSA) is 40.5 Å². The molecule has 0 aromatic rings. The zero-order chi connectivity index (χ0) is 10.9. The number of rotatable bonds is 3. The first kappa shape index (κ1) is 10.7. The fourth-order valence-corrected chi connectivity index (χ4v) is 2.86. The molecule has 2 fully saturated rings. The average molecular weight is 209 g/mol. The minimum atomic E-state index is -0.829. The summed E-state index contributed by atoms with van der Waals surface area (Å²) in [6.45, 7) is 5.05. The van der Waals surface area contributed by atoms with Crippen LogP contribution < -0.4 is 0 Å². The van der Waals surface area contributed by atoms with Gasteiger partial charge in [-0.3, -0.25) is 4.90 Å². The van der Waals surface area contributed by atoms with Gasteiger partial charge in [0.05, 0.1) is 0 Å². The predicted octanol–water partition coefficient (Wildman–Crippen LogP) is 1.89. The number of nitrogens with zero attached hydrogens (tertiary/aromatic N) is 1. The Bertz CT molecular complexity index is 292. The van der Waals surface area contributed by atoms with Gasteiger partial charge in [0.2, 0.25) is 0 Å². The molecule has 1 saturated carbocycles. The van der Waals surface area contributed by atoms with Crippen LogP contribution in [-0.4, -0.2) is 35.6 Å². The fraction of sp³-hybridized carbons (Fsp3) is 0.750. The molecule has 0 amide bonds. The van der Waals surface area contributed by atoms with Crippen molar-refractivity contribution in [3.63, 3.8) is 0 Å². The van der Waals surface area contributed by atoms with Crippen LogP contribution in [0, 0.1) is 5.41 Å². The second-order valence-electron chi connectivity index (χ2n) is 5.14. The Labute approximate surface area is 90.8 Å². The standard InChI is InChI=1S/C12H19NO2/c1-10(7-11(14)15)8-13-6-5-12(9-13)3-2-4-12/h7H,2-6,8-9H2,1H3,(H,14,15)/b10-7+. The van der Waals surface area contributed by atoms with Gasteiger partial charge in [-0.1, -0.05) is 12.0 Å². The van der Waals surface area contributed by atoms with Crippen LogP contribution in [-0.2, 0) is 4.79 Å². The Hall–Kier alpha value is -0.830. The van der Waals surface area contributed by atoms with Crippen molar-refractivity contribution in [3.8, 4) is 0 Å². The van der Waals surface area contributed by atoms with E-state index in [2.05, 4.69) is 4.90 Å². The lowest BCUT2D eigenvalue weighted by Crippen LogP contribution is -2.33. The van der Waals surface area contributed by atoms with Gasteiger partial charge >= 0.3 is 5.97 Å². The van der Waals surface area contributed by atoms with E-state index < -0.39 is 5.97 Å². The summed E-state index contributed by atoms with van der Waals surface area (Å²) in [5, 5.41) is 8.62. The van der Waals surface area contributed by atoms with Crippen molar-refractivity contribution in [2.24, 2.45) is 5.41 Å². The number of aliphatic carboxylic acids is 1. The Morgan fingerprint density at radius 3 is 2.67 bits per heavy atom. The molecule has 0 bridgehead atoms. The molecule has 0 radical (unpaired) electrons. The zero-order valence-corrected chi connectivity index (χ0v) is 9.33. The second kappa shape index (κ2) is 3.97. The van der Waals surface area contributed by atoms with E-state index in [1.807, 2.05) is 6.92 Å². The zero-order valence-electron chi connectivity index (χ0n) is 9.33. The van der Waals surface area contributed by atoms with E-state index in [0.717, 1.165) is 18.7 Å². The van der Waals surface area contributed by atoms with Gasteiger partial charge in [-0.15, -0.1) is 0 Å². The SMILES string of the molecule is C/C(=C\C(=O)O)CN1CCC2(CCC2)C1. The van der Waals surface area contributed by atoms with E-state index in [-0.39, 0.29) is 0 Å². The normalized spacial score (nSPS) is 25.5. The van der Waals surface area contributed by atoms with Crippen LogP contribution in [0.2, 0.25) is 0 Å². The summed E-state index contributed by atoms with van der Waals surface area (Å²) in [7, 11) is 0. The van der Waals surface area contributed by atoms with Crippen LogP contribution in [0.4, 0.5) is 0 Å². The molecule has 2 rings (SSSR count). The monoisotopic (exact) mass is 209 g/mol. The molecule has 0 atom stereocenters. The average Bonchev–Trinajstić information content (AvgIpc) is 2.45. The summed E-state index contributed by atoms with van der Waals surface area (Å²) < 4.78 is 0. The minimum absolute atomic E-state index is 0.615. The van der Waals surface area contributed by atoms with Gasteiger partial charge in [0, 0.05) is 19.2 Å². The molecule has 0 unspecified atom stereocenters. The molecule has 1 saturated heterocycles. The van der Waals surface area contributed by atoms with Crippen LogP contribution in [0.15, 0.2) is 11.6 Å². The molecule has 1 spiro atoms. The molecule has 84 valence electrons. The van der Waals surface area contributed by atoms with Crippen molar-refractivity contribution in [3.05, 3.63) is 11.6 Å². The third-order valence-electron chi connectivity index (χ3n) is 3.77. The summed E-state index contributed by atoms with van der Waals surface area (Å²) in [5.74, 6) is -0.829. The quantitative estimate of drug-likeness (QED) is 0.722. The van der Waals surface area contributed by atoms with Crippen molar-refractivity contribution in [2.75, 3.05) is 19.6 Å². The largest absolute Gasteiger partial charge is 0.478 e. The first-order valence-corrected chi connectivity index (χ1v) is 5.72. The van der Waals surface area contributed by atoms with E-state index >= 15 is 0 Å². The van der Waals surface area contributed by atoms with E-state index in [1.54, 1.807) is 0 Å². The molecule has 15 heavy (non-hydrogen) atoms. The van der Waals surface area contributed by atoms with Crippen LogP contribution in [0.25, 0.3) is 0 Å². The number of hydrogen-bond acceptors (Lipinski definition) is 2. The van der Waals surface area contributed by atoms with Gasteiger partial charge in [0.1, 0.15) is 0 Å². The lowest BCUT2D eigenvalue weighted by atomic mass is 9.68. The van der Waals surface area contributed by atoms with Gasteiger partial charge in [-0.2, -0.15) is 0 Å². The van der Waals surface area contributed by atoms with Gasteiger partial charge in [-0.05, 0) is 38.1 Å². The lowest BCUT2D eigenvalue weighted by Gasteiger charge is -2.38. The number of carboxylic acid groups (broad SMARTS) is 1. The highest BCUT2D eigenvalue weighted by atomic mass is 16.4. The van der Waals surface area contributed by atoms with Crippen molar-refractivity contribution < 1.29 is 9.90 Å². The summed E-state index contributed by atoms with van der Waals surface area (Å²) in [6, 6.07) is 0. The summed E-state index contributed by atoms with van der Waals surface area (Å²) in [6.07, 6.45) is 6.79. The van der Waals surface area contributed by atoms with E-state index in [9.17, 15) is 4.79 Å². The molecule has 3 nitrogen and oxygen atoms in total. The molecule has 1 aliphatic heterocycles. The number of carboxylic acids is 1. The number of hydrogen-bond donors (Lipinski definition) is 1. The Kier molecular flexibility index (Phi) is 2.83. The fourth-order valence-electron chi connectivity index (χ4n) is 2.86. The predicted molar refractivity (Wildman–Crippen MR) is 58.7 cm³/mol. The maximum Gasteiger partial charge on any atom is 0.328 e. The van der Waals surface area contributed by atoms with E-state index in [0.29, 0.717) is 5.41 Å². The van der Waals surface area contributed by atoms with Crippen LogP contribution in [0.1, 0.15) is 32.6 Å². The lowest BCUT2D eigenvalue weighted by molar-refractivity contribution is -0.131. The highest BCUT2D eigenvalue weighted by Gasteiger charge is 2.42. The van der Waals surface area contributed by atoms with E-state index in [1.165, 1.54) is 38.3 Å². The van der Waals surface area contributed by atoms with Gasteiger partial charge < -0.3 is 5.11 Å². The van der Waals surface area contributed by atoms with E-state index in [4.69, 9.17) is 5.11 Å². The second-order valence-corrected chi connectivity index (χ2v) is 5.14. The van der Waals surface area contributed by atoms with Gasteiger partial charge in [-0.25, -0.2) is 4.79 Å². The molecule has 3 heteroatoms. The van der Waals surface area contributed by atoms with Crippen molar-refractivity contribution in [1.29, 1.82) is 0 Å². The molecule has 0 aromatic carbocycles. The Morgan fingerprint density at radius 2 is 2.20 bits per heavy atom. The summed E-state index contributed by atoms with van der Waals surface area (Å²) in [5.41, 5.74) is 1.57. The maximum absolute atomic E-state index is 10.5. The number of carbonyl (C=O) groups is 1. The summed E-state index contributed by atoms with van der Waals surface area (Å²) in [4.78, 5) is 12.9. The molecule has 2 aliphatic rings. The van der Waals surface area contributed by atoms with Crippen molar-refractivity contribution in [2.45, 2.75) is 32.6 Å². The maximum atomic E-state index is 10.5. The molecule has 0 aromatic heterocycles. The third kappa shape index (κ3) is 2.40. The summed E-state index contributed by atoms with van der Waals surface area (Å²) >= 11 is 0. The van der Waals surface area contributed by atoms with Gasteiger partial charge in [0.15, 0.2) is 0 Å². The minimum Gasteiger partial charge on any atom is -0.478 e. The molecular formula is C12H19NO2. The molecular weight excluding hydrogens is 190 g/mol. The van der Waals surface area contributed by atoms with Crippen LogP contribution in [0.5, 0.6) is 0 Å². The van der Waals surface area contributed by atoms with Crippen molar-refractivity contribution in [1.82, 2.24) is 4.90 Å². The van der Waals surface area contributed by atoms with Crippen molar-refractivity contribution >= 4 is 5.97 Å². The first-order chi connectivity index (χ1) is 7.10. The Balaban J connectivity index is 1.84. The number of likely N-dealkylation sites (tertiary alicyclic amines) is 1. The van der Waals surface area contributed by atoms with Crippen LogP contribution >= 0.6 is 0 Å². The highest BCUT2D eigenvalue weighted by molar-refractivity contribution is 5.80.